The van der Waals surface area contributed by atoms with Crippen molar-refractivity contribution in [3.05, 3.63) is 48.5 Å². The number of hydrogen-bond donors (Lipinski definition) is 1. The lowest BCUT2D eigenvalue weighted by molar-refractivity contribution is 0.121. The average molecular weight is 451 g/mol. The average Bonchev–Trinajstić information content (AvgIpc) is 2.78. The molecule has 1 N–H and O–H groups in total. The number of anilines is 2. The summed E-state index contributed by atoms with van der Waals surface area (Å²) in [6.45, 7) is 2.44. The second-order valence-electron chi connectivity index (χ2n) is 6.86. The van der Waals surface area contributed by atoms with E-state index < -0.39 is 22.0 Å². The van der Waals surface area contributed by atoms with Gasteiger partial charge in [-0.15, -0.1) is 0 Å². The molecule has 10 heteroatoms. The van der Waals surface area contributed by atoms with Gasteiger partial charge in [-0.2, -0.15) is 0 Å². The number of carbonyl (C=O) groups excluding carboxylic acids is 1. The second-order valence-corrected chi connectivity index (χ2v) is 9.78. The highest BCUT2D eigenvalue weighted by Gasteiger charge is 2.23. The van der Waals surface area contributed by atoms with Crippen LogP contribution < -0.4 is 9.62 Å². The molecule has 1 saturated heterocycles. The molecule has 0 radical (unpaired) electrons. The Bertz CT molecular complexity index is 929. The second kappa shape index (κ2) is 10.1. The summed E-state index contributed by atoms with van der Waals surface area (Å²) >= 11 is 0. The molecular formula is C20H26N4O4S2. The van der Waals surface area contributed by atoms with Gasteiger partial charge in [-0.3, -0.25) is 4.72 Å². The molecular weight excluding hydrogens is 424 g/mol. The summed E-state index contributed by atoms with van der Waals surface area (Å²) in [4.78, 5) is 16.8. The van der Waals surface area contributed by atoms with Crippen molar-refractivity contribution in [1.29, 1.82) is 0 Å². The van der Waals surface area contributed by atoms with Crippen LogP contribution in [0.3, 0.4) is 0 Å². The number of para-hydroxylation sites is 2. The maximum atomic E-state index is 12.9. The van der Waals surface area contributed by atoms with Gasteiger partial charge in [0.15, 0.2) is 0 Å². The molecule has 2 unspecified atom stereocenters. The van der Waals surface area contributed by atoms with Crippen molar-refractivity contribution < 1.29 is 17.9 Å². The third kappa shape index (κ3) is 5.18. The molecule has 0 aromatic heterocycles. The van der Waals surface area contributed by atoms with Crippen LogP contribution in [0, 0.1) is 0 Å². The van der Waals surface area contributed by atoms with Crippen LogP contribution in [0.25, 0.3) is 0 Å². The molecule has 1 fully saturated rings. The van der Waals surface area contributed by atoms with Crippen molar-refractivity contribution in [3.63, 3.8) is 0 Å². The van der Waals surface area contributed by atoms with Crippen molar-refractivity contribution in [1.82, 2.24) is 9.21 Å². The highest BCUT2D eigenvalue weighted by atomic mass is 32.2. The third-order valence-corrected chi connectivity index (χ3v) is 7.18. The molecule has 1 heterocycles. The lowest BCUT2D eigenvalue weighted by Crippen LogP contribution is -2.48. The maximum Gasteiger partial charge on any atom is 0.409 e. The summed E-state index contributed by atoms with van der Waals surface area (Å²) in [6, 6.07) is 14.6. The third-order valence-electron chi connectivity index (χ3n) is 4.73. The number of carbonyl (C=O) groups is 1. The van der Waals surface area contributed by atoms with Gasteiger partial charge in [0.05, 0.1) is 28.3 Å². The molecule has 3 rings (SSSR count). The molecule has 1 amide bonds. The fraction of sp³-hybridized carbons (Fsp3) is 0.350. The minimum atomic E-state index is -1.47. The highest BCUT2D eigenvalue weighted by molar-refractivity contribution is 7.86. The fourth-order valence-corrected chi connectivity index (χ4v) is 4.81. The molecule has 1 aliphatic rings. The Morgan fingerprint density at radius 2 is 1.57 bits per heavy atom. The van der Waals surface area contributed by atoms with Gasteiger partial charge in [-0.25, -0.2) is 17.5 Å². The quantitative estimate of drug-likeness (QED) is 0.730. The van der Waals surface area contributed by atoms with Crippen LogP contribution in [0.4, 0.5) is 16.2 Å². The fourth-order valence-electron chi connectivity index (χ4n) is 3.14. The van der Waals surface area contributed by atoms with E-state index in [1.165, 1.54) is 7.11 Å². The van der Waals surface area contributed by atoms with Crippen LogP contribution in [0.15, 0.2) is 58.3 Å². The highest BCUT2D eigenvalue weighted by Crippen LogP contribution is 2.28. The molecule has 2 aromatic rings. The van der Waals surface area contributed by atoms with E-state index in [1.807, 2.05) is 24.3 Å². The first kappa shape index (κ1) is 22.3. The van der Waals surface area contributed by atoms with Gasteiger partial charge in [0.1, 0.15) is 22.0 Å². The molecule has 162 valence electrons. The number of piperazine rings is 1. The Labute approximate surface area is 182 Å². The number of ether oxygens (including phenoxy) is 1. The predicted octanol–water partition coefficient (Wildman–Crippen LogP) is 2.29. The van der Waals surface area contributed by atoms with Crippen LogP contribution >= 0.6 is 0 Å². The summed E-state index contributed by atoms with van der Waals surface area (Å²) < 4.78 is 34.5. The summed E-state index contributed by atoms with van der Waals surface area (Å²) in [5.74, 6) is 0. The Balaban J connectivity index is 1.70. The number of nitrogens with one attached hydrogen (secondary N) is 1. The van der Waals surface area contributed by atoms with E-state index >= 15 is 0 Å². The number of hydrogen-bond acceptors (Lipinski definition) is 5. The van der Waals surface area contributed by atoms with Crippen LogP contribution in [-0.2, 0) is 26.7 Å². The van der Waals surface area contributed by atoms with Gasteiger partial charge >= 0.3 is 6.09 Å². The summed E-state index contributed by atoms with van der Waals surface area (Å²) in [6.07, 6.45) is -0.319. The van der Waals surface area contributed by atoms with Crippen molar-refractivity contribution in [2.45, 2.75) is 9.79 Å². The molecule has 2 aromatic carbocycles. The molecule has 0 spiro atoms. The predicted molar refractivity (Wildman–Crippen MR) is 119 cm³/mol. The van der Waals surface area contributed by atoms with E-state index in [-0.39, 0.29) is 6.09 Å². The smallest absolute Gasteiger partial charge is 0.409 e. The number of methoxy groups -OCH3 is 1. The lowest BCUT2D eigenvalue weighted by Gasteiger charge is -2.36. The number of amides is 1. The first-order valence-corrected chi connectivity index (χ1v) is 11.7. The van der Waals surface area contributed by atoms with Gasteiger partial charge in [-0.1, -0.05) is 12.1 Å². The van der Waals surface area contributed by atoms with Gasteiger partial charge in [0, 0.05) is 26.2 Å². The largest absolute Gasteiger partial charge is 0.453 e. The van der Waals surface area contributed by atoms with Gasteiger partial charge in [-0.05, 0) is 50.5 Å². The molecule has 1 aliphatic heterocycles. The zero-order chi connectivity index (χ0) is 21.7. The van der Waals surface area contributed by atoms with E-state index in [1.54, 1.807) is 47.6 Å². The van der Waals surface area contributed by atoms with E-state index in [9.17, 15) is 13.2 Å². The Kier molecular flexibility index (Phi) is 7.46. The topological polar surface area (TPSA) is 82.2 Å². The number of benzene rings is 2. The standard InChI is InChI=1S/C20H26N4O4S2/c1-22(2)30(27)17-10-8-16(9-11-17)29(26)21-18-6-4-5-7-19(18)23-12-14-24(15-13-23)20(25)28-3/h4-11,21H,12-15H2,1-3H3. The molecule has 0 bridgehead atoms. The van der Waals surface area contributed by atoms with Crippen molar-refractivity contribution in [2.75, 3.05) is 57.0 Å². The van der Waals surface area contributed by atoms with Crippen LogP contribution in [0.1, 0.15) is 0 Å². The van der Waals surface area contributed by atoms with Crippen LogP contribution in [-0.4, -0.2) is 71.1 Å². The number of rotatable bonds is 6. The van der Waals surface area contributed by atoms with Crippen molar-refractivity contribution in [3.8, 4) is 0 Å². The summed E-state index contributed by atoms with van der Waals surface area (Å²) in [5.41, 5.74) is 1.68. The van der Waals surface area contributed by atoms with Crippen LogP contribution in [0.5, 0.6) is 0 Å². The lowest BCUT2D eigenvalue weighted by atomic mass is 10.2. The van der Waals surface area contributed by atoms with Gasteiger partial charge in [0.2, 0.25) is 0 Å². The van der Waals surface area contributed by atoms with Crippen molar-refractivity contribution in [2.24, 2.45) is 0 Å². The van der Waals surface area contributed by atoms with Crippen LogP contribution in [0.2, 0.25) is 0 Å². The zero-order valence-electron chi connectivity index (χ0n) is 17.2. The minimum absolute atomic E-state index is 0.319. The zero-order valence-corrected chi connectivity index (χ0v) is 18.9. The number of nitrogens with zero attached hydrogens (tertiary/aromatic N) is 3. The molecule has 0 aliphatic carbocycles. The van der Waals surface area contributed by atoms with E-state index in [2.05, 4.69) is 9.62 Å². The monoisotopic (exact) mass is 450 g/mol. The van der Waals surface area contributed by atoms with E-state index in [0.717, 1.165) is 11.4 Å². The van der Waals surface area contributed by atoms with E-state index in [0.29, 0.717) is 36.0 Å². The molecule has 2 atom stereocenters. The van der Waals surface area contributed by atoms with Crippen molar-refractivity contribution >= 4 is 39.4 Å². The Hall–Kier alpha value is -2.43. The Morgan fingerprint density at radius 3 is 2.17 bits per heavy atom. The summed E-state index contributed by atoms with van der Waals surface area (Å²) in [5, 5.41) is 0. The first-order chi connectivity index (χ1) is 14.4. The summed E-state index contributed by atoms with van der Waals surface area (Å²) in [7, 11) is 2.16. The Morgan fingerprint density at radius 1 is 0.967 bits per heavy atom. The SMILES string of the molecule is COC(=O)N1CCN(c2ccccc2NS(=O)c2ccc(S(=O)N(C)C)cc2)CC1. The van der Waals surface area contributed by atoms with Gasteiger partial charge < -0.3 is 14.5 Å². The first-order valence-electron chi connectivity index (χ1n) is 9.45. The van der Waals surface area contributed by atoms with Gasteiger partial charge in [0.25, 0.3) is 0 Å². The molecule has 8 nitrogen and oxygen atoms in total. The van der Waals surface area contributed by atoms with E-state index in [4.69, 9.17) is 4.74 Å². The normalized spacial score (nSPS) is 16.3. The maximum absolute atomic E-state index is 12.9. The minimum Gasteiger partial charge on any atom is -0.453 e. The molecule has 30 heavy (non-hydrogen) atoms. The molecule has 0 saturated carbocycles.